The fourth-order valence-electron chi connectivity index (χ4n) is 0.860. The minimum atomic E-state index is -5.80. The number of amides is 1. The molecule has 0 saturated carbocycles. The molecule has 2 N–H and O–H groups in total. The highest BCUT2D eigenvalue weighted by Gasteiger charge is 2.49. The van der Waals surface area contributed by atoms with Gasteiger partial charge in [-0.2, -0.15) is 21.6 Å². The van der Waals surface area contributed by atoms with E-state index in [0.717, 1.165) is 0 Å². The maximum Gasteiger partial charge on any atom is 0.523 e. The third kappa shape index (κ3) is 5.18. The van der Waals surface area contributed by atoms with E-state index in [2.05, 4.69) is 4.18 Å². The second-order valence-corrected chi connectivity index (χ2v) is 4.60. The lowest BCUT2D eigenvalue weighted by molar-refractivity contribution is -0.125. The lowest BCUT2D eigenvalue weighted by atomic mass is 10.2. The first-order valence-electron chi connectivity index (χ1n) is 4.52. The second kappa shape index (κ2) is 6.01. The molecule has 100 valence electrons. The van der Waals surface area contributed by atoms with Crippen molar-refractivity contribution in [1.82, 2.24) is 0 Å². The first-order chi connectivity index (χ1) is 7.62. The second-order valence-electron chi connectivity index (χ2n) is 3.03. The van der Waals surface area contributed by atoms with Crippen LogP contribution in [-0.4, -0.2) is 25.9 Å². The van der Waals surface area contributed by atoms with Crippen LogP contribution in [0.4, 0.5) is 13.2 Å². The first kappa shape index (κ1) is 15.9. The molecule has 0 rings (SSSR count). The predicted octanol–water partition coefficient (Wildman–Crippen LogP) is 1.06. The van der Waals surface area contributed by atoms with E-state index in [0.29, 0.717) is 0 Å². The summed E-state index contributed by atoms with van der Waals surface area (Å²) in [6, 6.07) is 0. The van der Waals surface area contributed by atoms with Crippen molar-refractivity contribution in [3.8, 4) is 0 Å². The Bertz CT molecular complexity index is 388. The molecule has 0 aliphatic carbocycles. The fraction of sp³-hybridized carbons (Fsp3) is 0.625. The molecule has 1 unspecified atom stereocenters. The van der Waals surface area contributed by atoms with Gasteiger partial charge in [-0.15, -0.1) is 0 Å². The Morgan fingerprint density at radius 1 is 1.47 bits per heavy atom. The standard InChI is InChI=1S/C8H12F3NO4S/c1-2-3-4-5-6(7(12)13)16-17(14,15)8(9,10)11/h2-3,6H,4-5H2,1H3,(H2,12,13)/b3-2+. The molecular weight excluding hydrogens is 263 g/mol. The lowest BCUT2D eigenvalue weighted by Crippen LogP contribution is -2.37. The van der Waals surface area contributed by atoms with Gasteiger partial charge in [-0.05, 0) is 19.8 Å². The molecule has 0 saturated heterocycles. The maximum absolute atomic E-state index is 12.0. The number of alkyl halides is 3. The van der Waals surface area contributed by atoms with Crippen molar-refractivity contribution in [2.24, 2.45) is 5.73 Å². The van der Waals surface area contributed by atoms with Gasteiger partial charge in [0.1, 0.15) is 0 Å². The van der Waals surface area contributed by atoms with Crippen molar-refractivity contribution >= 4 is 16.0 Å². The quantitative estimate of drug-likeness (QED) is 0.446. The van der Waals surface area contributed by atoms with Gasteiger partial charge >= 0.3 is 15.6 Å². The molecule has 5 nitrogen and oxygen atoms in total. The maximum atomic E-state index is 12.0. The number of primary amides is 1. The molecule has 0 aromatic carbocycles. The van der Waals surface area contributed by atoms with Crippen LogP contribution in [0.3, 0.4) is 0 Å². The van der Waals surface area contributed by atoms with Gasteiger partial charge in [0, 0.05) is 0 Å². The summed E-state index contributed by atoms with van der Waals surface area (Å²) in [5.74, 6) is -1.26. The molecule has 0 radical (unpaired) electrons. The highest BCUT2D eigenvalue weighted by Crippen LogP contribution is 2.26. The summed E-state index contributed by atoms with van der Waals surface area (Å²) in [6.45, 7) is 1.66. The number of nitrogens with two attached hydrogens (primary N) is 1. The van der Waals surface area contributed by atoms with Crippen molar-refractivity contribution in [3.63, 3.8) is 0 Å². The Balaban J connectivity index is 4.73. The molecule has 0 heterocycles. The highest BCUT2D eigenvalue weighted by molar-refractivity contribution is 7.87. The zero-order valence-electron chi connectivity index (χ0n) is 8.90. The number of hydrogen-bond donors (Lipinski definition) is 1. The van der Waals surface area contributed by atoms with Crippen molar-refractivity contribution in [3.05, 3.63) is 12.2 Å². The summed E-state index contributed by atoms with van der Waals surface area (Å²) in [5, 5.41) is 0. The molecule has 1 atom stereocenters. The Morgan fingerprint density at radius 3 is 2.35 bits per heavy atom. The van der Waals surface area contributed by atoms with E-state index < -0.39 is 27.6 Å². The Kier molecular flexibility index (Phi) is 5.62. The van der Waals surface area contributed by atoms with Crippen molar-refractivity contribution < 1.29 is 30.6 Å². The number of carbonyl (C=O) groups is 1. The number of hydrogen-bond acceptors (Lipinski definition) is 4. The van der Waals surface area contributed by atoms with Crippen LogP contribution < -0.4 is 5.73 Å². The van der Waals surface area contributed by atoms with E-state index in [9.17, 15) is 26.4 Å². The van der Waals surface area contributed by atoms with Gasteiger partial charge in [-0.3, -0.25) is 4.79 Å². The Labute approximate surface area is 96.6 Å². The Morgan fingerprint density at radius 2 is 2.00 bits per heavy atom. The molecule has 17 heavy (non-hydrogen) atoms. The van der Waals surface area contributed by atoms with Crippen LogP contribution in [0.2, 0.25) is 0 Å². The average Bonchev–Trinajstić information content (AvgIpc) is 2.14. The van der Waals surface area contributed by atoms with Gasteiger partial charge in [0.05, 0.1) is 0 Å². The summed E-state index contributed by atoms with van der Waals surface area (Å²) in [7, 11) is -5.80. The zero-order chi connectivity index (χ0) is 13.7. The van der Waals surface area contributed by atoms with Crippen LogP contribution in [0.25, 0.3) is 0 Å². The molecule has 0 spiro atoms. The summed E-state index contributed by atoms with van der Waals surface area (Å²) < 4.78 is 60.9. The normalized spacial score (nSPS) is 15.1. The van der Waals surface area contributed by atoms with Crippen LogP contribution in [-0.2, 0) is 19.1 Å². The minimum Gasteiger partial charge on any atom is -0.367 e. The topological polar surface area (TPSA) is 86.5 Å². The van der Waals surface area contributed by atoms with Gasteiger partial charge in [0.2, 0.25) is 5.91 Å². The monoisotopic (exact) mass is 275 g/mol. The number of carbonyl (C=O) groups excluding carboxylic acids is 1. The van der Waals surface area contributed by atoms with Crippen molar-refractivity contribution in [2.45, 2.75) is 31.4 Å². The zero-order valence-corrected chi connectivity index (χ0v) is 9.72. The van der Waals surface area contributed by atoms with Crippen molar-refractivity contribution in [1.29, 1.82) is 0 Å². The third-order valence-electron chi connectivity index (χ3n) is 1.67. The summed E-state index contributed by atoms with van der Waals surface area (Å²) in [4.78, 5) is 10.7. The van der Waals surface area contributed by atoms with E-state index in [1.54, 1.807) is 19.1 Å². The molecular formula is C8H12F3NO4S. The molecule has 0 aromatic rings. The number of rotatable bonds is 6. The largest absolute Gasteiger partial charge is 0.523 e. The fourth-order valence-corrected chi connectivity index (χ4v) is 1.47. The average molecular weight is 275 g/mol. The minimum absolute atomic E-state index is 0.178. The molecule has 0 fully saturated rings. The summed E-state index contributed by atoms with van der Waals surface area (Å²) in [5.41, 5.74) is -0.819. The van der Waals surface area contributed by atoms with Gasteiger partial charge in [-0.25, -0.2) is 4.18 Å². The van der Waals surface area contributed by atoms with Gasteiger partial charge in [0.15, 0.2) is 6.10 Å². The van der Waals surface area contributed by atoms with Crippen LogP contribution in [0.1, 0.15) is 19.8 Å². The van der Waals surface area contributed by atoms with Crippen molar-refractivity contribution in [2.75, 3.05) is 0 Å². The molecule has 9 heteroatoms. The molecule has 0 aliphatic heterocycles. The first-order valence-corrected chi connectivity index (χ1v) is 5.92. The SMILES string of the molecule is C/C=C/CCC(OS(=O)(=O)C(F)(F)F)C(N)=O. The van der Waals surface area contributed by atoms with Crippen LogP contribution >= 0.6 is 0 Å². The van der Waals surface area contributed by atoms with Crippen LogP contribution in [0.5, 0.6) is 0 Å². The van der Waals surface area contributed by atoms with E-state index in [1.165, 1.54) is 0 Å². The third-order valence-corrected chi connectivity index (χ3v) is 2.73. The van der Waals surface area contributed by atoms with E-state index in [-0.39, 0.29) is 12.8 Å². The molecule has 0 aliphatic rings. The summed E-state index contributed by atoms with van der Waals surface area (Å²) in [6.07, 6.45) is 1.25. The summed E-state index contributed by atoms with van der Waals surface area (Å²) >= 11 is 0. The number of halogens is 3. The van der Waals surface area contributed by atoms with E-state index in [4.69, 9.17) is 5.73 Å². The Hall–Kier alpha value is -1.09. The molecule has 0 aromatic heterocycles. The molecule has 0 bridgehead atoms. The lowest BCUT2D eigenvalue weighted by Gasteiger charge is -2.14. The number of allylic oxidation sites excluding steroid dienone is 2. The highest BCUT2D eigenvalue weighted by atomic mass is 32.2. The smallest absolute Gasteiger partial charge is 0.367 e. The van der Waals surface area contributed by atoms with Gasteiger partial charge < -0.3 is 5.73 Å². The van der Waals surface area contributed by atoms with Gasteiger partial charge in [-0.1, -0.05) is 12.2 Å². The van der Waals surface area contributed by atoms with E-state index in [1.807, 2.05) is 0 Å². The van der Waals surface area contributed by atoms with Gasteiger partial charge in [0.25, 0.3) is 0 Å². The van der Waals surface area contributed by atoms with Crippen LogP contribution in [0, 0.1) is 0 Å². The van der Waals surface area contributed by atoms with Crippen LogP contribution in [0.15, 0.2) is 12.2 Å². The predicted molar refractivity (Wildman–Crippen MR) is 53.1 cm³/mol. The molecule has 1 amide bonds. The van der Waals surface area contributed by atoms with E-state index >= 15 is 0 Å².